The van der Waals surface area contributed by atoms with Gasteiger partial charge in [0.25, 0.3) is 0 Å². The molecule has 0 aliphatic carbocycles. The van der Waals surface area contributed by atoms with Crippen LogP contribution in [0.1, 0.15) is 10.5 Å². The van der Waals surface area contributed by atoms with E-state index in [-0.39, 0.29) is 28.1 Å². The van der Waals surface area contributed by atoms with Crippen molar-refractivity contribution in [3.8, 4) is 0 Å². The zero-order valence-electron chi connectivity index (χ0n) is 5.83. The van der Waals surface area contributed by atoms with E-state index in [0.717, 1.165) is 0 Å². The first-order valence-electron chi connectivity index (χ1n) is 2.80. The Labute approximate surface area is 97.0 Å². The smallest absolute Gasteiger partial charge is 0.193 e. The Balaban J connectivity index is 0.00000121. The molecule has 1 heterocycles. The number of rotatable bonds is 2. The van der Waals surface area contributed by atoms with Gasteiger partial charge in [0.05, 0.1) is 17.7 Å². The predicted octanol–water partition coefficient (Wildman–Crippen LogP) is 2.39. The first-order valence-corrected chi connectivity index (χ1v) is 4.72. The fourth-order valence-corrected chi connectivity index (χ4v) is 1.02. The van der Waals surface area contributed by atoms with E-state index in [9.17, 15) is 4.79 Å². The molecule has 0 unspecified atom stereocenters. The van der Waals surface area contributed by atoms with Crippen LogP contribution in [0.3, 0.4) is 0 Å². The Bertz CT molecular complexity index is 262. The maximum Gasteiger partial charge on any atom is 0.193 e. The number of alkyl halides is 1. The third-order valence-corrected chi connectivity index (χ3v) is 1.95. The van der Waals surface area contributed by atoms with Crippen molar-refractivity contribution in [1.82, 2.24) is 9.97 Å². The van der Waals surface area contributed by atoms with Crippen LogP contribution < -0.4 is 0 Å². The van der Waals surface area contributed by atoms with Gasteiger partial charge in [-0.05, 0) is 15.9 Å². The molecular weight excluding hydrogens is 356 g/mol. The Hall–Kier alpha value is 0.190. The van der Waals surface area contributed by atoms with Gasteiger partial charge in [0.1, 0.15) is 10.3 Å². The van der Waals surface area contributed by atoms with Crippen molar-refractivity contribution in [3.05, 3.63) is 22.7 Å². The third kappa shape index (κ3) is 3.28. The van der Waals surface area contributed by atoms with Crippen molar-refractivity contribution in [2.24, 2.45) is 0 Å². The molecule has 0 fully saturated rings. The van der Waals surface area contributed by atoms with Crippen molar-refractivity contribution in [3.63, 3.8) is 0 Å². The third-order valence-electron chi connectivity index (χ3n) is 1.03. The second kappa shape index (κ2) is 5.77. The highest BCUT2D eigenvalue weighted by Crippen LogP contribution is 2.03. The highest BCUT2D eigenvalue weighted by Gasteiger charge is 2.04. The molecule has 0 radical (unpaired) electrons. The number of Topliss-reactive ketones (excluding diaryl/α,β-unsaturated/α-hetero) is 1. The summed E-state index contributed by atoms with van der Waals surface area (Å²) in [4.78, 5) is 18.7. The van der Waals surface area contributed by atoms with Gasteiger partial charge in [0.15, 0.2) is 5.78 Å². The number of nitrogens with zero attached hydrogens (tertiary/aromatic N) is 2. The average molecular weight is 361 g/mol. The second-order valence-electron chi connectivity index (χ2n) is 1.78. The number of hydrogen-bond acceptors (Lipinski definition) is 3. The molecular formula is C6H5Br3N2O. The first kappa shape index (κ1) is 12.2. The molecule has 6 heteroatoms. The van der Waals surface area contributed by atoms with Gasteiger partial charge < -0.3 is 0 Å². The molecule has 66 valence electrons. The maximum atomic E-state index is 11.0. The van der Waals surface area contributed by atoms with Gasteiger partial charge in [-0.3, -0.25) is 4.79 Å². The van der Waals surface area contributed by atoms with E-state index in [4.69, 9.17) is 0 Å². The Morgan fingerprint density at radius 3 is 2.50 bits per heavy atom. The zero-order valence-corrected chi connectivity index (χ0v) is 10.7. The molecule has 0 spiro atoms. The molecule has 12 heavy (non-hydrogen) atoms. The zero-order chi connectivity index (χ0) is 8.27. The summed E-state index contributed by atoms with van der Waals surface area (Å²) in [7, 11) is 0. The molecule has 0 saturated carbocycles. The maximum absolute atomic E-state index is 11.0. The molecule has 0 aliphatic rings. The van der Waals surface area contributed by atoms with Gasteiger partial charge in [0, 0.05) is 0 Å². The fourth-order valence-electron chi connectivity index (χ4n) is 0.525. The van der Waals surface area contributed by atoms with Crippen LogP contribution in [0.25, 0.3) is 0 Å². The summed E-state index contributed by atoms with van der Waals surface area (Å²) in [6.45, 7) is 0. The Morgan fingerprint density at radius 2 is 2.08 bits per heavy atom. The minimum atomic E-state index is -0.0648. The first-order chi connectivity index (χ1) is 5.24. The summed E-state index contributed by atoms with van der Waals surface area (Å²) >= 11 is 6.16. The van der Waals surface area contributed by atoms with Crippen molar-refractivity contribution < 1.29 is 4.79 Å². The van der Waals surface area contributed by atoms with E-state index in [1.54, 1.807) is 0 Å². The van der Waals surface area contributed by atoms with Gasteiger partial charge in [-0.15, -0.1) is 17.0 Å². The van der Waals surface area contributed by atoms with Crippen molar-refractivity contribution >= 4 is 54.6 Å². The number of carbonyl (C=O) groups excluding carboxylic acids is 1. The molecule has 0 atom stereocenters. The molecule has 0 N–H and O–H groups in total. The van der Waals surface area contributed by atoms with Crippen LogP contribution in [0.2, 0.25) is 0 Å². The Kier molecular flexibility index (Phi) is 5.86. The summed E-state index contributed by atoms with van der Waals surface area (Å²) in [5.41, 5.74) is 0.380. The minimum Gasteiger partial charge on any atom is -0.291 e. The molecule has 1 rings (SSSR count). The summed E-state index contributed by atoms with van der Waals surface area (Å²) < 4.78 is 0.628. The van der Waals surface area contributed by atoms with Crippen LogP contribution >= 0.6 is 48.8 Å². The van der Waals surface area contributed by atoms with Crippen molar-refractivity contribution in [2.45, 2.75) is 0 Å². The summed E-state index contributed by atoms with van der Waals surface area (Å²) in [6.07, 6.45) is 2.93. The number of halogens is 3. The predicted molar refractivity (Wildman–Crippen MR) is 58.2 cm³/mol. The molecule has 0 saturated heterocycles. The summed E-state index contributed by atoms with van der Waals surface area (Å²) in [5.74, 6) is -0.0648. The SMILES string of the molecule is Br.O=C(CBr)c1cnc(Br)cn1. The number of ketones is 1. The van der Waals surface area contributed by atoms with Crippen LogP contribution in [0, 0.1) is 0 Å². The van der Waals surface area contributed by atoms with Gasteiger partial charge in [-0.2, -0.15) is 0 Å². The van der Waals surface area contributed by atoms with Crippen LogP contribution in [-0.2, 0) is 0 Å². The van der Waals surface area contributed by atoms with Crippen LogP contribution in [0.5, 0.6) is 0 Å². The number of aromatic nitrogens is 2. The lowest BCUT2D eigenvalue weighted by molar-refractivity contribution is 0.101. The van der Waals surface area contributed by atoms with E-state index in [1.807, 2.05) is 0 Å². The van der Waals surface area contributed by atoms with Crippen molar-refractivity contribution in [2.75, 3.05) is 5.33 Å². The molecule has 1 aromatic heterocycles. The normalized spacial score (nSPS) is 8.83. The second-order valence-corrected chi connectivity index (χ2v) is 3.15. The van der Waals surface area contributed by atoms with E-state index in [0.29, 0.717) is 10.3 Å². The van der Waals surface area contributed by atoms with Gasteiger partial charge in [-0.25, -0.2) is 9.97 Å². The largest absolute Gasteiger partial charge is 0.291 e. The number of carbonyl (C=O) groups is 1. The topological polar surface area (TPSA) is 42.9 Å². The lowest BCUT2D eigenvalue weighted by Gasteiger charge is -1.93. The Morgan fingerprint density at radius 1 is 1.42 bits per heavy atom. The lowest BCUT2D eigenvalue weighted by Crippen LogP contribution is -2.03. The van der Waals surface area contributed by atoms with Crippen LogP contribution in [0.4, 0.5) is 0 Å². The quantitative estimate of drug-likeness (QED) is 0.601. The van der Waals surface area contributed by atoms with Gasteiger partial charge in [0.2, 0.25) is 0 Å². The van der Waals surface area contributed by atoms with E-state index in [2.05, 4.69) is 41.8 Å². The lowest BCUT2D eigenvalue weighted by atomic mass is 10.3. The van der Waals surface area contributed by atoms with E-state index < -0.39 is 0 Å². The van der Waals surface area contributed by atoms with Gasteiger partial charge >= 0.3 is 0 Å². The standard InChI is InChI=1S/C6H4Br2N2O.BrH/c7-1-5(11)4-2-10-6(8)3-9-4;/h2-3H,1H2;1H. The molecule has 0 aliphatic heterocycles. The molecule has 3 nitrogen and oxygen atoms in total. The van der Waals surface area contributed by atoms with E-state index in [1.165, 1.54) is 12.4 Å². The minimum absolute atomic E-state index is 0. The van der Waals surface area contributed by atoms with Crippen LogP contribution in [0.15, 0.2) is 17.0 Å². The molecule has 1 aromatic rings. The summed E-state index contributed by atoms with van der Waals surface area (Å²) in [5, 5.41) is 0.281. The van der Waals surface area contributed by atoms with Gasteiger partial charge in [-0.1, -0.05) is 15.9 Å². The fraction of sp³-hybridized carbons (Fsp3) is 0.167. The highest BCUT2D eigenvalue weighted by atomic mass is 79.9. The van der Waals surface area contributed by atoms with E-state index >= 15 is 0 Å². The van der Waals surface area contributed by atoms with Crippen LogP contribution in [-0.4, -0.2) is 21.1 Å². The summed E-state index contributed by atoms with van der Waals surface area (Å²) in [6, 6.07) is 0. The molecule has 0 aromatic carbocycles. The highest BCUT2D eigenvalue weighted by molar-refractivity contribution is 9.10. The molecule has 0 amide bonds. The average Bonchev–Trinajstić information content (AvgIpc) is 2.05. The molecule has 0 bridgehead atoms. The monoisotopic (exact) mass is 358 g/mol. The van der Waals surface area contributed by atoms with Crippen molar-refractivity contribution in [1.29, 1.82) is 0 Å². The number of hydrogen-bond donors (Lipinski definition) is 0.